The van der Waals surface area contributed by atoms with E-state index in [1.54, 1.807) is 18.2 Å². The molecule has 1 aromatic carbocycles. The summed E-state index contributed by atoms with van der Waals surface area (Å²) in [5, 5.41) is 1.56. The lowest BCUT2D eigenvalue weighted by Crippen LogP contribution is -2.33. The molecule has 0 saturated carbocycles. The molecular weight excluding hydrogens is 234 g/mol. The first-order valence-electron chi connectivity index (χ1n) is 5.38. The van der Waals surface area contributed by atoms with Crippen LogP contribution < -0.4 is 5.56 Å². The molecular formula is C12H13N3O3. The zero-order valence-corrected chi connectivity index (χ0v) is 10.2. The van der Waals surface area contributed by atoms with Crippen molar-refractivity contribution in [1.82, 2.24) is 14.6 Å². The summed E-state index contributed by atoms with van der Waals surface area (Å²) in [6, 6.07) is 7.01. The van der Waals surface area contributed by atoms with Crippen LogP contribution >= 0.6 is 0 Å². The minimum atomic E-state index is -0.323. The molecule has 0 bridgehead atoms. The molecule has 94 valence electrons. The number of rotatable bonds is 3. The SMILES string of the molecule is CON(C)C(=O)Cn1cnc2ccccc2c1=O. The summed E-state index contributed by atoms with van der Waals surface area (Å²) in [5.41, 5.74) is 0.379. The number of amides is 1. The molecule has 0 aliphatic rings. The fraction of sp³-hybridized carbons (Fsp3) is 0.250. The van der Waals surface area contributed by atoms with Crippen LogP contribution in [0.5, 0.6) is 0 Å². The highest BCUT2D eigenvalue weighted by Crippen LogP contribution is 2.04. The number of hydroxylamine groups is 2. The van der Waals surface area contributed by atoms with Crippen molar-refractivity contribution in [2.75, 3.05) is 14.2 Å². The summed E-state index contributed by atoms with van der Waals surface area (Å²) in [6.45, 7) is -0.0962. The molecule has 1 heterocycles. The standard InChI is InChI=1S/C12H13N3O3/c1-14(18-2)11(16)7-15-8-13-10-6-4-3-5-9(10)12(15)17/h3-6,8H,7H2,1-2H3. The third kappa shape index (κ3) is 2.23. The maximum atomic E-state index is 12.1. The van der Waals surface area contributed by atoms with Crippen molar-refractivity contribution in [3.63, 3.8) is 0 Å². The summed E-state index contributed by atoms with van der Waals surface area (Å²) >= 11 is 0. The van der Waals surface area contributed by atoms with Crippen molar-refractivity contribution in [3.8, 4) is 0 Å². The van der Waals surface area contributed by atoms with Crippen molar-refractivity contribution in [3.05, 3.63) is 40.9 Å². The number of benzene rings is 1. The van der Waals surface area contributed by atoms with E-state index in [-0.39, 0.29) is 18.0 Å². The quantitative estimate of drug-likeness (QED) is 0.737. The Labute approximate surface area is 103 Å². The van der Waals surface area contributed by atoms with Crippen molar-refractivity contribution < 1.29 is 9.63 Å². The average molecular weight is 247 g/mol. The Balaban J connectivity index is 2.38. The van der Waals surface area contributed by atoms with E-state index in [0.29, 0.717) is 10.9 Å². The first-order chi connectivity index (χ1) is 8.63. The van der Waals surface area contributed by atoms with E-state index in [9.17, 15) is 9.59 Å². The van der Waals surface area contributed by atoms with Gasteiger partial charge in [0.15, 0.2) is 0 Å². The van der Waals surface area contributed by atoms with Gasteiger partial charge in [-0.1, -0.05) is 12.1 Å². The van der Waals surface area contributed by atoms with Gasteiger partial charge in [-0.25, -0.2) is 10.0 Å². The second-order valence-corrected chi connectivity index (χ2v) is 3.77. The maximum Gasteiger partial charge on any atom is 0.265 e. The third-order valence-electron chi connectivity index (χ3n) is 2.66. The van der Waals surface area contributed by atoms with E-state index in [1.807, 2.05) is 6.07 Å². The van der Waals surface area contributed by atoms with Crippen molar-refractivity contribution in [2.24, 2.45) is 0 Å². The number of carbonyl (C=O) groups is 1. The first-order valence-corrected chi connectivity index (χ1v) is 5.38. The Morgan fingerprint density at radius 2 is 2.17 bits per heavy atom. The van der Waals surface area contributed by atoms with Gasteiger partial charge >= 0.3 is 0 Å². The fourth-order valence-corrected chi connectivity index (χ4v) is 1.57. The van der Waals surface area contributed by atoms with Crippen LogP contribution in [0.4, 0.5) is 0 Å². The van der Waals surface area contributed by atoms with E-state index >= 15 is 0 Å². The predicted octanol–water partition coefficient (Wildman–Crippen LogP) is 0.416. The Morgan fingerprint density at radius 1 is 1.44 bits per heavy atom. The molecule has 0 fully saturated rings. The van der Waals surface area contributed by atoms with Gasteiger partial charge < -0.3 is 0 Å². The number of nitrogens with zero attached hydrogens (tertiary/aromatic N) is 3. The van der Waals surface area contributed by atoms with Gasteiger partial charge in [-0.05, 0) is 12.1 Å². The van der Waals surface area contributed by atoms with Gasteiger partial charge in [0.1, 0.15) is 6.54 Å². The fourth-order valence-electron chi connectivity index (χ4n) is 1.57. The molecule has 2 aromatic rings. The van der Waals surface area contributed by atoms with Crippen molar-refractivity contribution in [2.45, 2.75) is 6.54 Å². The van der Waals surface area contributed by atoms with Crippen LogP contribution in [0.2, 0.25) is 0 Å². The smallest absolute Gasteiger partial charge is 0.265 e. The summed E-state index contributed by atoms with van der Waals surface area (Å²) in [4.78, 5) is 32.6. The molecule has 0 saturated heterocycles. The highest BCUT2D eigenvalue weighted by Gasteiger charge is 2.11. The number of para-hydroxylation sites is 1. The van der Waals surface area contributed by atoms with E-state index < -0.39 is 0 Å². The topological polar surface area (TPSA) is 64.4 Å². The van der Waals surface area contributed by atoms with Crippen LogP contribution in [0.3, 0.4) is 0 Å². The van der Waals surface area contributed by atoms with Gasteiger partial charge in [-0.15, -0.1) is 0 Å². The molecule has 0 aliphatic carbocycles. The monoisotopic (exact) mass is 247 g/mol. The molecule has 1 aromatic heterocycles. The maximum absolute atomic E-state index is 12.1. The van der Waals surface area contributed by atoms with E-state index in [1.165, 1.54) is 25.1 Å². The van der Waals surface area contributed by atoms with E-state index in [2.05, 4.69) is 4.98 Å². The summed E-state index contributed by atoms with van der Waals surface area (Å²) in [7, 11) is 2.88. The minimum absolute atomic E-state index is 0.0962. The van der Waals surface area contributed by atoms with Gasteiger partial charge in [0.25, 0.3) is 11.5 Å². The molecule has 6 heteroatoms. The lowest BCUT2D eigenvalue weighted by Gasteiger charge is -2.14. The molecule has 0 N–H and O–H groups in total. The second-order valence-electron chi connectivity index (χ2n) is 3.77. The largest absolute Gasteiger partial charge is 0.289 e. The zero-order chi connectivity index (χ0) is 13.1. The molecule has 2 rings (SSSR count). The van der Waals surface area contributed by atoms with Gasteiger partial charge in [-0.2, -0.15) is 0 Å². The molecule has 0 aliphatic heterocycles. The minimum Gasteiger partial charge on any atom is -0.289 e. The number of aromatic nitrogens is 2. The third-order valence-corrected chi connectivity index (χ3v) is 2.66. The number of fused-ring (bicyclic) bond motifs is 1. The van der Waals surface area contributed by atoms with E-state index in [4.69, 9.17) is 4.84 Å². The number of likely N-dealkylation sites (N-methyl/N-ethyl adjacent to an activating group) is 1. The lowest BCUT2D eigenvalue weighted by molar-refractivity contribution is -0.169. The van der Waals surface area contributed by atoms with Crippen LogP contribution in [0.25, 0.3) is 10.9 Å². The zero-order valence-electron chi connectivity index (χ0n) is 10.2. The summed E-state index contributed by atoms with van der Waals surface area (Å²) < 4.78 is 1.26. The van der Waals surface area contributed by atoms with E-state index in [0.717, 1.165) is 5.06 Å². The summed E-state index contributed by atoms with van der Waals surface area (Å²) in [6.07, 6.45) is 1.37. The van der Waals surface area contributed by atoms with Crippen LogP contribution in [0, 0.1) is 0 Å². The first kappa shape index (κ1) is 12.3. The summed E-state index contributed by atoms with van der Waals surface area (Å²) in [5.74, 6) is -0.323. The van der Waals surface area contributed by atoms with Crippen LogP contribution in [-0.2, 0) is 16.2 Å². The Hall–Kier alpha value is -2.21. The molecule has 0 radical (unpaired) electrons. The normalized spacial score (nSPS) is 10.6. The number of hydrogen-bond donors (Lipinski definition) is 0. The average Bonchev–Trinajstić information content (AvgIpc) is 2.41. The highest BCUT2D eigenvalue weighted by atomic mass is 16.7. The molecule has 0 atom stereocenters. The van der Waals surface area contributed by atoms with Gasteiger partial charge in [0, 0.05) is 7.05 Å². The van der Waals surface area contributed by atoms with Gasteiger partial charge in [0.2, 0.25) is 0 Å². The van der Waals surface area contributed by atoms with Gasteiger partial charge in [-0.3, -0.25) is 19.0 Å². The van der Waals surface area contributed by atoms with Crippen molar-refractivity contribution in [1.29, 1.82) is 0 Å². The van der Waals surface area contributed by atoms with Crippen molar-refractivity contribution >= 4 is 16.8 Å². The number of hydrogen-bond acceptors (Lipinski definition) is 4. The Kier molecular flexibility index (Phi) is 3.38. The molecule has 6 nitrogen and oxygen atoms in total. The molecule has 1 amide bonds. The van der Waals surface area contributed by atoms with Crippen LogP contribution in [0.15, 0.2) is 35.4 Å². The Bertz CT molecular complexity index is 636. The lowest BCUT2D eigenvalue weighted by atomic mass is 10.2. The second kappa shape index (κ2) is 4.97. The Morgan fingerprint density at radius 3 is 2.89 bits per heavy atom. The molecule has 0 unspecified atom stereocenters. The molecule has 0 spiro atoms. The predicted molar refractivity (Wildman–Crippen MR) is 65.8 cm³/mol. The number of carbonyl (C=O) groups excluding carboxylic acids is 1. The molecule has 18 heavy (non-hydrogen) atoms. The van der Waals surface area contributed by atoms with Crippen LogP contribution in [-0.4, -0.2) is 34.7 Å². The van der Waals surface area contributed by atoms with Crippen LogP contribution in [0.1, 0.15) is 0 Å². The highest BCUT2D eigenvalue weighted by molar-refractivity contribution is 5.78. The van der Waals surface area contributed by atoms with Gasteiger partial charge in [0.05, 0.1) is 24.3 Å².